The Hall–Kier alpha value is -3.78. The number of nitrogens with one attached hydrogen (secondary N) is 1. The molecule has 0 fully saturated rings. The molecule has 1 N–H and O–H groups in total. The minimum atomic E-state index is -0.0993. The number of fused-ring (bicyclic) bond motifs is 3. The molecule has 0 saturated heterocycles. The van der Waals surface area contributed by atoms with Gasteiger partial charge in [-0.25, -0.2) is 0 Å². The number of hydrogen-bond acceptors (Lipinski definition) is 5. The van der Waals surface area contributed by atoms with Gasteiger partial charge in [0.2, 0.25) is 5.91 Å². The molecule has 172 valence electrons. The van der Waals surface area contributed by atoms with Gasteiger partial charge in [0.25, 0.3) is 0 Å². The van der Waals surface area contributed by atoms with E-state index in [9.17, 15) is 4.79 Å². The molecule has 2 aromatic carbocycles. The number of thioether (sulfide) groups is 1. The predicted molar refractivity (Wildman–Crippen MR) is 137 cm³/mol. The van der Waals surface area contributed by atoms with Crippen LogP contribution in [0.15, 0.2) is 77.0 Å². The van der Waals surface area contributed by atoms with E-state index in [0.29, 0.717) is 17.5 Å². The Labute approximate surface area is 201 Å². The van der Waals surface area contributed by atoms with E-state index >= 15 is 0 Å². The molecular weight excluding hydrogens is 446 g/mol. The highest BCUT2D eigenvalue weighted by Gasteiger charge is 2.18. The van der Waals surface area contributed by atoms with Gasteiger partial charge in [0.15, 0.2) is 11.0 Å². The fourth-order valence-electron chi connectivity index (χ4n) is 4.30. The average molecular weight is 472 g/mol. The van der Waals surface area contributed by atoms with Gasteiger partial charge in [-0.05, 0) is 44.2 Å². The van der Waals surface area contributed by atoms with Crippen molar-refractivity contribution in [3.8, 4) is 11.4 Å². The number of furan rings is 1. The number of allylic oxidation sites excluding steroid dienone is 1. The molecule has 34 heavy (non-hydrogen) atoms. The first-order valence-corrected chi connectivity index (χ1v) is 12.1. The number of benzene rings is 2. The van der Waals surface area contributed by atoms with E-state index in [4.69, 9.17) is 4.42 Å². The fourth-order valence-corrected chi connectivity index (χ4v) is 5.05. The Kier molecular flexibility index (Phi) is 5.98. The average Bonchev–Trinajstić information content (AvgIpc) is 3.53. The molecule has 0 spiro atoms. The molecule has 5 aromatic rings. The van der Waals surface area contributed by atoms with Crippen LogP contribution in [0.5, 0.6) is 0 Å². The van der Waals surface area contributed by atoms with Crippen LogP contribution in [0, 0.1) is 6.92 Å². The highest BCUT2D eigenvalue weighted by Crippen LogP contribution is 2.31. The van der Waals surface area contributed by atoms with Crippen LogP contribution in [0.25, 0.3) is 33.2 Å². The maximum atomic E-state index is 12.8. The van der Waals surface area contributed by atoms with Crippen molar-refractivity contribution in [3.63, 3.8) is 0 Å². The van der Waals surface area contributed by atoms with E-state index in [1.807, 2.05) is 35.8 Å². The van der Waals surface area contributed by atoms with Crippen LogP contribution in [0.3, 0.4) is 0 Å². The molecule has 0 saturated carbocycles. The summed E-state index contributed by atoms with van der Waals surface area (Å²) in [5, 5.41) is 14.6. The van der Waals surface area contributed by atoms with Gasteiger partial charge in [0.1, 0.15) is 5.76 Å². The van der Waals surface area contributed by atoms with Gasteiger partial charge in [-0.2, -0.15) is 0 Å². The third-order valence-electron chi connectivity index (χ3n) is 5.83. The number of carbonyl (C=O) groups excluding carboxylic acids is 1. The monoisotopic (exact) mass is 471 g/mol. The lowest BCUT2D eigenvalue weighted by molar-refractivity contribution is -0.113. The van der Waals surface area contributed by atoms with E-state index in [1.165, 1.54) is 22.7 Å². The molecule has 5 rings (SSSR count). The topological polar surface area (TPSA) is 77.9 Å². The lowest BCUT2D eigenvalue weighted by Crippen LogP contribution is -2.14. The number of rotatable bonds is 8. The molecule has 8 heteroatoms. The number of anilines is 1. The van der Waals surface area contributed by atoms with E-state index in [2.05, 4.69) is 57.8 Å². The van der Waals surface area contributed by atoms with Crippen molar-refractivity contribution in [2.45, 2.75) is 32.1 Å². The Morgan fingerprint density at radius 2 is 1.94 bits per heavy atom. The Balaban J connectivity index is 1.34. The van der Waals surface area contributed by atoms with Crippen LogP contribution in [0.4, 0.5) is 5.69 Å². The lowest BCUT2D eigenvalue weighted by atomic mass is 10.1. The zero-order chi connectivity index (χ0) is 23.7. The molecule has 0 aliphatic carbocycles. The fraction of sp³-hybridized carbons (Fsp3) is 0.192. The number of nitrogens with zero attached hydrogens (tertiary/aromatic N) is 4. The van der Waals surface area contributed by atoms with Gasteiger partial charge in [0.05, 0.1) is 17.6 Å². The molecule has 0 radical (unpaired) electrons. The molecular formula is C26H25N5O2S. The molecule has 0 bridgehead atoms. The summed E-state index contributed by atoms with van der Waals surface area (Å²) in [5.41, 5.74) is 4.02. The Morgan fingerprint density at radius 1 is 1.12 bits per heavy atom. The summed E-state index contributed by atoms with van der Waals surface area (Å²) < 4.78 is 9.64. The maximum Gasteiger partial charge on any atom is 0.234 e. The molecule has 3 heterocycles. The van der Waals surface area contributed by atoms with E-state index < -0.39 is 0 Å². The van der Waals surface area contributed by atoms with E-state index in [1.54, 1.807) is 12.3 Å². The molecule has 0 aliphatic rings. The molecule has 3 aromatic heterocycles. The van der Waals surface area contributed by atoms with Crippen LogP contribution in [-0.4, -0.2) is 31.0 Å². The summed E-state index contributed by atoms with van der Waals surface area (Å²) in [6, 6.07) is 16.3. The Bertz CT molecular complexity index is 1510. The third-order valence-corrected chi connectivity index (χ3v) is 6.80. The zero-order valence-electron chi connectivity index (χ0n) is 19.1. The van der Waals surface area contributed by atoms with Crippen LogP contribution < -0.4 is 5.32 Å². The van der Waals surface area contributed by atoms with Crippen molar-refractivity contribution in [2.24, 2.45) is 0 Å². The number of para-hydroxylation sites is 1. The number of aryl methyl sites for hydroxylation is 2. The molecule has 0 aliphatic heterocycles. The number of aromatic nitrogens is 4. The first kappa shape index (κ1) is 22.0. The summed E-state index contributed by atoms with van der Waals surface area (Å²) in [4.78, 5) is 12.8. The van der Waals surface area contributed by atoms with Gasteiger partial charge >= 0.3 is 0 Å². The zero-order valence-corrected chi connectivity index (χ0v) is 19.9. The van der Waals surface area contributed by atoms with Crippen molar-refractivity contribution >= 4 is 45.2 Å². The summed E-state index contributed by atoms with van der Waals surface area (Å²) in [6.45, 7) is 9.29. The largest absolute Gasteiger partial charge is 0.469 e. The van der Waals surface area contributed by atoms with Crippen LogP contribution in [0.2, 0.25) is 0 Å². The van der Waals surface area contributed by atoms with E-state index in [-0.39, 0.29) is 11.7 Å². The summed E-state index contributed by atoms with van der Waals surface area (Å²) >= 11 is 1.35. The van der Waals surface area contributed by atoms with Crippen LogP contribution >= 0.6 is 11.8 Å². The number of amides is 1. The third kappa shape index (κ3) is 3.90. The van der Waals surface area contributed by atoms with Gasteiger partial charge in [0, 0.05) is 40.6 Å². The second kappa shape index (κ2) is 9.23. The minimum Gasteiger partial charge on any atom is -0.469 e. The summed E-state index contributed by atoms with van der Waals surface area (Å²) in [7, 11) is 0. The number of carbonyl (C=O) groups is 1. The second-order valence-corrected chi connectivity index (χ2v) is 8.87. The summed E-state index contributed by atoms with van der Waals surface area (Å²) in [6.07, 6.45) is 3.42. The highest BCUT2D eigenvalue weighted by atomic mass is 32.2. The first-order chi connectivity index (χ1) is 16.6. The quantitative estimate of drug-likeness (QED) is 0.225. The van der Waals surface area contributed by atoms with Crippen molar-refractivity contribution in [3.05, 3.63) is 73.2 Å². The van der Waals surface area contributed by atoms with E-state index in [0.717, 1.165) is 34.5 Å². The summed E-state index contributed by atoms with van der Waals surface area (Å²) in [5.74, 6) is 1.59. The normalized spacial score (nSPS) is 11.4. The van der Waals surface area contributed by atoms with Crippen LogP contribution in [-0.2, 0) is 17.9 Å². The predicted octanol–water partition coefficient (Wildman–Crippen LogP) is 5.89. The smallest absolute Gasteiger partial charge is 0.234 e. The van der Waals surface area contributed by atoms with Gasteiger partial charge in [-0.1, -0.05) is 36.0 Å². The molecule has 1 amide bonds. The van der Waals surface area contributed by atoms with Crippen LogP contribution in [0.1, 0.15) is 12.7 Å². The standard InChI is InChI=1S/C26H25N5O2S/c1-4-13-31-25(19-12-14-33-17(19)3)28-29-26(31)34-16-24(32)27-18-10-11-23-21(15-18)20-8-6-7-9-22(20)30(23)5-2/h4,6-12,14-15H,1,5,13,16H2,2-3H3,(H,27,32). The molecule has 0 unspecified atom stereocenters. The SMILES string of the molecule is C=CCn1c(SCC(=O)Nc2ccc3c(c2)c2ccccc2n3CC)nnc1-c1ccoc1C. The van der Waals surface area contributed by atoms with Gasteiger partial charge < -0.3 is 14.3 Å². The van der Waals surface area contributed by atoms with Crippen molar-refractivity contribution in [1.29, 1.82) is 0 Å². The number of hydrogen-bond donors (Lipinski definition) is 1. The maximum absolute atomic E-state index is 12.8. The van der Waals surface area contributed by atoms with Crippen molar-refractivity contribution < 1.29 is 9.21 Å². The highest BCUT2D eigenvalue weighted by molar-refractivity contribution is 7.99. The first-order valence-electron chi connectivity index (χ1n) is 11.1. The minimum absolute atomic E-state index is 0.0993. The molecule has 0 atom stereocenters. The Morgan fingerprint density at radius 3 is 2.71 bits per heavy atom. The lowest BCUT2D eigenvalue weighted by Gasteiger charge is -2.08. The molecule has 7 nitrogen and oxygen atoms in total. The van der Waals surface area contributed by atoms with Gasteiger partial charge in [-0.3, -0.25) is 9.36 Å². The van der Waals surface area contributed by atoms with Crippen molar-refractivity contribution in [2.75, 3.05) is 11.1 Å². The van der Waals surface area contributed by atoms with Gasteiger partial charge in [-0.15, -0.1) is 16.8 Å². The van der Waals surface area contributed by atoms with Crippen molar-refractivity contribution in [1.82, 2.24) is 19.3 Å². The second-order valence-electron chi connectivity index (χ2n) is 7.93.